The van der Waals surface area contributed by atoms with E-state index in [-0.39, 0.29) is 6.54 Å². The van der Waals surface area contributed by atoms with Gasteiger partial charge in [-0.3, -0.25) is 4.79 Å². The van der Waals surface area contributed by atoms with E-state index in [9.17, 15) is 15.0 Å². The van der Waals surface area contributed by atoms with Gasteiger partial charge < -0.3 is 15.1 Å². The minimum absolute atomic E-state index is 0.0960. The molecule has 0 unspecified atom stereocenters. The highest BCUT2D eigenvalue weighted by Crippen LogP contribution is 2.21. The fourth-order valence-corrected chi connectivity index (χ4v) is 1.73. The van der Waals surface area contributed by atoms with E-state index < -0.39 is 17.6 Å². The maximum absolute atomic E-state index is 11.7. The Kier molecular flexibility index (Phi) is 2.88. The molecule has 2 rings (SSSR count). The normalized spacial score (nSPS) is 27.8. The van der Waals surface area contributed by atoms with Gasteiger partial charge in [0.25, 0.3) is 5.91 Å². The summed E-state index contributed by atoms with van der Waals surface area (Å²) in [6.07, 6.45) is -1.17. The molecule has 1 heterocycles. The van der Waals surface area contributed by atoms with E-state index in [2.05, 4.69) is 11.8 Å². The first-order valence-electron chi connectivity index (χ1n) is 5.28. The Morgan fingerprint density at radius 3 is 2.59 bits per heavy atom. The van der Waals surface area contributed by atoms with E-state index in [0.717, 1.165) is 0 Å². The van der Waals surface area contributed by atoms with Crippen molar-refractivity contribution in [2.45, 2.75) is 11.7 Å². The van der Waals surface area contributed by atoms with Crippen LogP contribution in [0.5, 0.6) is 0 Å². The van der Waals surface area contributed by atoms with Gasteiger partial charge in [-0.15, -0.1) is 0 Å². The number of likely N-dealkylation sites (tertiary alicyclic amines) is 1. The number of carbonyl (C=O) groups is 1. The van der Waals surface area contributed by atoms with Gasteiger partial charge in [0, 0.05) is 12.6 Å². The van der Waals surface area contributed by atoms with Crippen LogP contribution in [0.4, 0.5) is 0 Å². The van der Waals surface area contributed by atoms with Gasteiger partial charge in [0.05, 0.1) is 6.54 Å². The third-order valence-electron chi connectivity index (χ3n) is 2.77. The summed E-state index contributed by atoms with van der Waals surface area (Å²) in [5.74, 6) is 4.61. The van der Waals surface area contributed by atoms with Crippen LogP contribution in [0.15, 0.2) is 30.3 Å². The van der Waals surface area contributed by atoms with Crippen LogP contribution in [0.25, 0.3) is 0 Å². The van der Waals surface area contributed by atoms with Crippen LogP contribution in [0.1, 0.15) is 5.56 Å². The zero-order chi connectivity index (χ0) is 12.5. The fourth-order valence-electron chi connectivity index (χ4n) is 1.73. The van der Waals surface area contributed by atoms with Gasteiger partial charge in [-0.1, -0.05) is 24.1 Å². The highest BCUT2D eigenvalue weighted by molar-refractivity contribution is 5.91. The monoisotopic (exact) mass is 231 g/mol. The lowest BCUT2D eigenvalue weighted by molar-refractivity contribution is -0.140. The molecule has 1 aliphatic rings. The van der Waals surface area contributed by atoms with E-state index in [4.69, 9.17) is 0 Å². The second kappa shape index (κ2) is 4.21. The summed E-state index contributed by atoms with van der Waals surface area (Å²) in [4.78, 5) is 12.9. The topological polar surface area (TPSA) is 60.8 Å². The van der Waals surface area contributed by atoms with Gasteiger partial charge in [-0.25, -0.2) is 0 Å². The van der Waals surface area contributed by atoms with Crippen LogP contribution in [0.2, 0.25) is 0 Å². The summed E-state index contributed by atoms with van der Waals surface area (Å²) in [6.45, 7) is 0.0960. The predicted octanol–water partition coefficient (Wildman–Crippen LogP) is -0.398. The highest BCUT2D eigenvalue weighted by atomic mass is 16.4. The molecule has 0 saturated carbocycles. The molecule has 0 radical (unpaired) electrons. The van der Waals surface area contributed by atoms with Crippen LogP contribution in [-0.2, 0) is 4.79 Å². The molecule has 88 valence electrons. The second-order valence-electron chi connectivity index (χ2n) is 4.08. The van der Waals surface area contributed by atoms with E-state index in [0.29, 0.717) is 5.56 Å². The molecule has 2 atom stereocenters. The van der Waals surface area contributed by atoms with E-state index in [1.807, 2.05) is 18.2 Å². The Bertz CT molecular complexity index is 488. The molecule has 1 saturated heterocycles. The Labute approximate surface area is 99.5 Å². The quantitative estimate of drug-likeness (QED) is 0.597. The molecule has 1 aliphatic heterocycles. The van der Waals surface area contributed by atoms with Crippen molar-refractivity contribution in [1.29, 1.82) is 0 Å². The lowest BCUT2D eigenvalue weighted by atomic mass is 10.00. The maximum Gasteiger partial charge on any atom is 0.269 e. The Hall–Kier alpha value is -1.83. The molecule has 1 amide bonds. The number of amides is 1. The predicted molar refractivity (Wildman–Crippen MR) is 61.9 cm³/mol. The second-order valence-corrected chi connectivity index (χ2v) is 4.08. The first kappa shape index (κ1) is 11.6. The number of β-amino-alcohol motifs (C(OH)–C–C–N with tert-alkyl or cyclic N) is 1. The van der Waals surface area contributed by atoms with Gasteiger partial charge in [0.2, 0.25) is 5.60 Å². The van der Waals surface area contributed by atoms with Crippen LogP contribution in [-0.4, -0.2) is 46.3 Å². The molecule has 1 fully saturated rings. The average molecular weight is 231 g/mol. The van der Waals surface area contributed by atoms with Crippen LogP contribution >= 0.6 is 0 Å². The molecule has 0 bridgehead atoms. The van der Waals surface area contributed by atoms with Crippen LogP contribution in [0.3, 0.4) is 0 Å². The first-order valence-corrected chi connectivity index (χ1v) is 5.28. The lowest BCUT2D eigenvalue weighted by Gasteiger charge is -2.16. The number of aliphatic hydroxyl groups excluding tert-OH is 1. The number of aliphatic hydroxyl groups is 2. The number of carbonyl (C=O) groups excluding carboxylic acids is 1. The van der Waals surface area contributed by atoms with Gasteiger partial charge in [-0.2, -0.15) is 0 Å². The zero-order valence-electron chi connectivity index (χ0n) is 9.42. The maximum atomic E-state index is 11.7. The third-order valence-corrected chi connectivity index (χ3v) is 2.77. The van der Waals surface area contributed by atoms with E-state index in [1.54, 1.807) is 12.1 Å². The summed E-state index contributed by atoms with van der Waals surface area (Å²) in [6, 6.07) is 9.02. The van der Waals surface area contributed by atoms with Crippen molar-refractivity contribution in [1.82, 2.24) is 4.90 Å². The van der Waals surface area contributed by atoms with Gasteiger partial charge in [0.15, 0.2) is 0 Å². The lowest BCUT2D eigenvalue weighted by Crippen LogP contribution is -2.44. The SMILES string of the molecule is CN1C[C@H](O)[C@@](O)(C#Cc2ccccc2)C1=O. The standard InChI is InChI=1S/C13H13NO3/c1-14-9-11(15)13(17,12(14)16)8-7-10-5-3-2-4-6-10/h2-6,11,15,17H,9H2,1H3/t11-,13-/m0/s1. The van der Waals surface area contributed by atoms with E-state index in [1.165, 1.54) is 11.9 Å². The van der Waals surface area contributed by atoms with Gasteiger partial charge in [-0.05, 0) is 18.1 Å². The summed E-state index contributed by atoms with van der Waals surface area (Å²) < 4.78 is 0. The van der Waals surface area contributed by atoms with Crippen molar-refractivity contribution in [3.05, 3.63) is 35.9 Å². The highest BCUT2D eigenvalue weighted by Gasteiger charge is 2.50. The summed E-state index contributed by atoms with van der Waals surface area (Å²) in [5, 5.41) is 19.7. The molecule has 0 aromatic heterocycles. The largest absolute Gasteiger partial charge is 0.387 e. The minimum atomic E-state index is -1.98. The van der Waals surface area contributed by atoms with Crippen molar-refractivity contribution in [3.8, 4) is 11.8 Å². The van der Waals surface area contributed by atoms with Crippen molar-refractivity contribution >= 4 is 5.91 Å². The fraction of sp³-hybridized carbons (Fsp3) is 0.308. The number of rotatable bonds is 0. The van der Waals surface area contributed by atoms with Crippen molar-refractivity contribution < 1.29 is 15.0 Å². The molecule has 0 spiro atoms. The summed E-state index contributed by atoms with van der Waals surface area (Å²) >= 11 is 0. The molecule has 1 aromatic carbocycles. The number of hydrogen-bond donors (Lipinski definition) is 2. The number of likely N-dealkylation sites (N-methyl/N-ethyl adjacent to an activating group) is 1. The van der Waals surface area contributed by atoms with Crippen molar-refractivity contribution in [2.24, 2.45) is 0 Å². The summed E-state index contributed by atoms with van der Waals surface area (Å²) in [7, 11) is 1.52. The first-order chi connectivity index (χ1) is 8.04. The molecular weight excluding hydrogens is 218 g/mol. The third kappa shape index (κ3) is 2.03. The van der Waals surface area contributed by atoms with Crippen LogP contribution in [0, 0.1) is 11.8 Å². The van der Waals surface area contributed by atoms with Crippen molar-refractivity contribution in [3.63, 3.8) is 0 Å². The molecule has 4 nitrogen and oxygen atoms in total. The summed E-state index contributed by atoms with van der Waals surface area (Å²) in [5.41, 5.74) is -1.29. The molecule has 17 heavy (non-hydrogen) atoms. The zero-order valence-corrected chi connectivity index (χ0v) is 9.42. The molecule has 0 aliphatic carbocycles. The Morgan fingerprint density at radius 1 is 1.41 bits per heavy atom. The van der Waals surface area contributed by atoms with Crippen LogP contribution < -0.4 is 0 Å². The molecule has 2 N–H and O–H groups in total. The van der Waals surface area contributed by atoms with Crippen molar-refractivity contribution in [2.75, 3.05) is 13.6 Å². The molecule has 4 heteroatoms. The molecule has 1 aromatic rings. The number of hydrogen-bond acceptors (Lipinski definition) is 3. The number of nitrogens with zero attached hydrogens (tertiary/aromatic N) is 1. The van der Waals surface area contributed by atoms with Gasteiger partial charge >= 0.3 is 0 Å². The minimum Gasteiger partial charge on any atom is -0.387 e. The Morgan fingerprint density at radius 2 is 2.06 bits per heavy atom. The number of benzene rings is 1. The Balaban J connectivity index is 2.30. The smallest absolute Gasteiger partial charge is 0.269 e. The average Bonchev–Trinajstić information content (AvgIpc) is 2.53. The van der Waals surface area contributed by atoms with Gasteiger partial charge in [0.1, 0.15) is 6.10 Å². The molecular formula is C13H13NO3. The van der Waals surface area contributed by atoms with E-state index >= 15 is 0 Å².